The van der Waals surface area contributed by atoms with E-state index in [-0.39, 0.29) is 18.0 Å². The Balaban J connectivity index is 2.12. The summed E-state index contributed by atoms with van der Waals surface area (Å²) in [4.78, 5) is 12.6. The van der Waals surface area contributed by atoms with Crippen LogP contribution in [0.2, 0.25) is 10.0 Å². The zero-order valence-electron chi connectivity index (χ0n) is 15.0. The molecule has 1 aromatic rings. The second kappa shape index (κ2) is 7.19. The molecule has 1 aromatic carbocycles. The number of terminal acetylenes is 1. The molecule has 0 radical (unpaired) electrons. The minimum Gasteiger partial charge on any atom is -0.462 e. The van der Waals surface area contributed by atoms with Crippen molar-refractivity contribution in [2.75, 3.05) is 0 Å². The number of esters is 1. The van der Waals surface area contributed by atoms with E-state index in [2.05, 4.69) is 5.92 Å². The highest BCUT2D eigenvalue weighted by Gasteiger charge is 2.52. The van der Waals surface area contributed by atoms with Crippen molar-refractivity contribution in [3.63, 3.8) is 0 Å². The maximum Gasteiger partial charge on any atom is 0.313 e. The molecule has 0 aromatic heterocycles. The summed E-state index contributed by atoms with van der Waals surface area (Å²) in [6.45, 7) is 7.46. The first-order valence-electron chi connectivity index (χ1n) is 8.37. The van der Waals surface area contributed by atoms with Crippen LogP contribution < -0.4 is 0 Å². The molecule has 0 unspecified atom stereocenters. The van der Waals surface area contributed by atoms with Crippen LogP contribution >= 0.6 is 23.2 Å². The molecule has 4 atom stereocenters. The van der Waals surface area contributed by atoms with Crippen molar-refractivity contribution >= 4 is 29.2 Å². The summed E-state index contributed by atoms with van der Waals surface area (Å²) in [5.41, 5.74) is -1.08. The Kier molecular flexibility index (Phi) is 5.78. The lowest BCUT2D eigenvalue weighted by atomic mass is 9.60. The van der Waals surface area contributed by atoms with Gasteiger partial charge in [-0.2, -0.15) is 0 Å². The molecular weight excluding hydrogens is 359 g/mol. The van der Waals surface area contributed by atoms with Crippen molar-refractivity contribution in [2.24, 2.45) is 11.3 Å². The Morgan fingerprint density at radius 2 is 2.08 bits per heavy atom. The molecule has 25 heavy (non-hydrogen) atoms. The molecule has 1 aliphatic rings. The van der Waals surface area contributed by atoms with Gasteiger partial charge in [0.15, 0.2) is 0 Å². The third-order valence-corrected chi connectivity index (χ3v) is 5.95. The molecule has 136 valence electrons. The van der Waals surface area contributed by atoms with E-state index in [0.717, 1.165) is 0 Å². The zero-order chi connectivity index (χ0) is 19.0. The van der Waals surface area contributed by atoms with Gasteiger partial charge in [-0.1, -0.05) is 56.0 Å². The number of hydrogen-bond donors (Lipinski definition) is 1. The number of aliphatic hydroxyl groups is 1. The van der Waals surface area contributed by atoms with Gasteiger partial charge in [0.1, 0.15) is 11.7 Å². The van der Waals surface area contributed by atoms with Gasteiger partial charge in [0.05, 0.1) is 5.92 Å². The van der Waals surface area contributed by atoms with Crippen LogP contribution in [0, 0.1) is 23.7 Å². The molecule has 0 saturated heterocycles. The summed E-state index contributed by atoms with van der Waals surface area (Å²) in [5, 5.41) is 11.7. The van der Waals surface area contributed by atoms with Gasteiger partial charge in [0.25, 0.3) is 0 Å². The maximum atomic E-state index is 12.6. The van der Waals surface area contributed by atoms with Crippen molar-refractivity contribution in [2.45, 2.75) is 58.2 Å². The van der Waals surface area contributed by atoms with Crippen molar-refractivity contribution in [3.8, 4) is 12.3 Å². The Labute approximate surface area is 159 Å². The molecule has 0 bridgehead atoms. The maximum absolute atomic E-state index is 12.6. The topological polar surface area (TPSA) is 46.5 Å². The molecule has 0 amide bonds. The van der Waals surface area contributed by atoms with E-state index >= 15 is 0 Å². The van der Waals surface area contributed by atoms with Crippen LogP contribution in [0.25, 0.3) is 0 Å². The van der Waals surface area contributed by atoms with Crippen LogP contribution in [0.15, 0.2) is 18.2 Å². The van der Waals surface area contributed by atoms with Crippen molar-refractivity contribution in [1.82, 2.24) is 0 Å². The van der Waals surface area contributed by atoms with Gasteiger partial charge in [-0.3, -0.25) is 4.79 Å². The predicted molar refractivity (Wildman–Crippen MR) is 101 cm³/mol. The van der Waals surface area contributed by atoms with Gasteiger partial charge >= 0.3 is 5.97 Å². The van der Waals surface area contributed by atoms with Gasteiger partial charge in [-0.25, -0.2) is 0 Å². The molecular formula is C20H24Cl2O3. The summed E-state index contributed by atoms with van der Waals surface area (Å²) in [6.07, 6.45) is 6.31. The van der Waals surface area contributed by atoms with Crippen LogP contribution in [0.5, 0.6) is 0 Å². The minimum atomic E-state index is -1.21. The molecule has 1 fully saturated rings. The average molecular weight is 383 g/mol. The van der Waals surface area contributed by atoms with Crippen molar-refractivity contribution in [1.29, 1.82) is 0 Å². The SMILES string of the molecule is C#C[C@]1(O)[C@H](C)C[C@@H](OC(=O)[C@@H](C)c2ccc(Cl)cc2Cl)CC1(C)C. The lowest BCUT2D eigenvalue weighted by molar-refractivity contribution is -0.167. The number of benzene rings is 1. The highest BCUT2D eigenvalue weighted by Crippen LogP contribution is 2.47. The molecule has 1 saturated carbocycles. The molecule has 1 aliphatic carbocycles. The summed E-state index contributed by atoms with van der Waals surface area (Å²) < 4.78 is 5.73. The van der Waals surface area contributed by atoms with Crippen LogP contribution in [-0.2, 0) is 9.53 Å². The standard InChI is InChI=1S/C20H24Cl2O3/c1-6-20(24)12(2)9-15(11-19(20,4)5)25-18(23)13(3)16-8-7-14(21)10-17(16)22/h1,7-8,10,12-13,15,24H,9,11H2,2-5H3/t12-,13+,15-,20+/m1/s1. The first-order chi connectivity index (χ1) is 11.5. The number of ether oxygens (including phenoxy) is 1. The summed E-state index contributed by atoms with van der Waals surface area (Å²) in [7, 11) is 0. The van der Waals surface area contributed by atoms with Crippen LogP contribution in [0.4, 0.5) is 0 Å². The Morgan fingerprint density at radius 1 is 1.44 bits per heavy atom. The first-order valence-corrected chi connectivity index (χ1v) is 9.13. The van der Waals surface area contributed by atoms with E-state index in [0.29, 0.717) is 28.5 Å². The fourth-order valence-corrected chi connectivity index (χ4v) is 4.29. The van der Waals surface area contributed by atoms with E-state index in [1.165, 1.54) is 0 Å². The fraction of sp³-hybridized carbons (Fsp3) is 0.550. The van der Waals surface area contributed by atoms with Gasteiger partial charge in [-0.15, -0.1) is 6.42 Å². The first kappa shape index (κ1) is 20.1. The van der Waals surface area contributed by atoms with Gasteiger partial charge in [0.2, 0.25) is 0 Å². The lowest BCUT2D eigenvalue weighted by Gasteiger charge is -2.49. The molecule has 5 heteroatoms. The van der Waals surface area contributed by atoms with E-state index < -0.39 is 16.9 Å². The smallest absolute Gasteiger partial charge is 0.313 e. The lowest BCUT2D eigenvalue weighted by Crippen LogP contribution is -2.55. The number of halogens is 2. The number of carbonyl (C=O) groups is 1. The molecule has 0 heterocycles. The summed E-state index contributed by atoms with van der Waals surface area (Å²) in [6, 6.07) is 5.05. The number of hydrogen-bond acceptors (Lipinski definition) is 3. The van der Waals surface area contributed by atoms with Crippen LogP contribution in [0.1, 0.15) is 52.0 Å². The second-order valence-corrected chi connectivity index (χ2v) is 8.43. The predicted octanol–water partition coefficient (Wildman–Crippen LogP) is 4.83. The van der Waals surface area contributed by atoms with E-state index in [1.54, 1.807) is 25.1 Å². The Hall–Kier alpha value is -1.21. The Morgan fingerprint density at radius 3 is 2.60 bits per heavy atom. The molecule has 2 rings (SSSR count). The Bertz CT molecular complexity index is 707. The fourth-order valence-electron chi connectivity index (χ4n) is 3.71. The molecule has 0 aliphatic heterocycles. The largest absolute Gasteiger partial charge is 0.462 e. The zero-order valence-corrected chi connectivity index (χ0v) is 16.5. The van der Waals surface area contributed by atoms with Crippen LogP contribution in [-0.4, -0.2) is 22.8 Å². The average Bonchev–Trinajstić information content (AvgIpc) is 2.51. The van der Waals surface area contributed by atoms with E-state index in [9.17, 15) is 9.90 Å². The highest BCUT2D eigenvalue weighted by molar-refractivity contribution is 6.35. The number of carbonyl (C=O) groups excluding carboxylic acids is 1. The normalized spacial score (nSPS) is 29.5. The third-order valence-electron chi connectivity index (χ3n) is 5.38. The quantitative estimate of drug-likeness (QED) is 0.601. The van der Waals surface area contributed by atoms with Crippen molar-refractivity contribution in [3.05, 3.63) is 33.8 Å². The molecule has 1 N–H and O–H groups in total. The van der Waals surface area contributed by atoms with Crippen molar-refractivity contribution < 1.29 is 14.6 Å². The van der Waals surface area contributed by atoms with Gasteiger partial charge in [0, 0.05) is 21.4 Å². The molecule has 3 nitrogen and oxygen atoms in total. The van der Waals surface area contributed by atoms with Crippen LogP contribution in [0.3, 0.4) is 0 Å². The van der Waals surface area contributed by atoms with E-state index in [1.807, 2.05) is 20.8 Å². The van der Waals surface area contributed by atoms with Gasteiger partial charge < -0.3 is 9.84 Å². The summed E-state index contributed by atoms with van der Waals surface area (Å²) in [5.74, 6) is 1.52. The monoisotopic (exact) mass is 382 g/mol. The second-order valence-electron chi connectivity index (χ2n) is 7.58. The summed E-state index contributed by atoms with van der Waals surface area (Å²) >= 11 is 12.1. The third kappa shape index (κ3) is 3.82. The number of rotatable bonds is 3. The van der Waals surface area contributed by atoms with E-state index in [4.69, 9.17) is 34.4 Å². The highest BCUT2D eigenvalue weighted by atomic mass is 35.5. The van der Waals surface area contributed by atoms with Gasteiger partial charge in [-0.05, 0) is 37.5 Å². The minimum absolute atomic E-state index is 0.173. The molecule has 0 spiro atoms.